The van der Waals surface area contributed by atoms with E-state index in [0.29, 0.717) is 5.92 Å². The minimum atomic E-state index is 0.0476. The van der Waals surface area contributed by atoms with Crippen LogP contribution in [0.5, 0.6) is 0 Å². The summed E-state index contributed by atoms with van der Waals surface area (Å²) in [6.07, 6.45) is 18.7. The maximum Gasteiger partial charge on any atom is 0.155 e. The van der Waals surface area contributed by atoms with Gasteiger partial charge in [0, 0.05) is 36.9 Å². The standard InChI is InChI=1S/C29H30N8/c1-18-10-19(17-37-8-2-3-9-37)12-21(11-18)22-13-23-27(35-36-28(23)32-14-22)29-33-25-16-31-15-24(26(25)34-29)20-4-6-30-7-5-20/h4-7,11-12,14-16,18,23H,2-3,8-10,13,17H2,1H3,(H,32,36)(H,33,34)/t18-,23?/m0/s1. The van der Waals surface area contributed by atoms with Crippen molar-refractivity contribution in [2.24, 2.45) is 21.9 Å². The van der Waals surface area contributed by atoms with E-state index in [9.17, 15) is 0 Å². The van der Waals surface area contributed by atoms with Crippen LogP contribution in [0.1, 0.15) is 38.4 Å². The lowest BCUT2D eigenvalue weighted by Gasteiger charge is -2.26. The smallest absolute Gasteiger partial charge is 0.155 e. The maximum absolute atomic E-state index is 4.99. The third-order valence-corrected chi connectivity index (χ3v) is 7.77. The highest BCUT2D eigenvalue weighted by Gasteiger charge is 2.34. The number of aromatic nitrogens is 4. The van der Waals surface area contributed by atoms with Crippen molar-refractivity contribution in [2.75, 3.05) is 19.6 Å². The molecule has 6 heterocycles. The third kappa shape index (κ3) is 4.21. The fourth-order valence-corrected chi connectivity index (χ4v) is 5.99. The molecule has 0 aromatic carbocycles. The largest absolute Gasteiger partial charge is 0.336 e. The van der Waals surface area contributed by atoms with E-state index in [2.05, 4.69) is 49.5 Å². The first-order chi connectivity index (χ1) is 18.2. The van der Waals surface area contributed by atoms with Crippen molar-refractivity contribution < 1.29 is 0 Å². The van der Waals surface area contributed by atoms with Crippen molar-refractivity contribution in [2.45, 2.75) is 32.6 Å². The Morgan fingerprint density at radius 1 is 1.05 bits per heavy atom. The van der Waals surface area contributed by atoms with Crippen molar-refractivity contribution in [1.82, 2.24) is 30.3 Å². The first kappa shape index (κ1) is 22.3. The second-order valence-electron chi connectivity index (χ2n) is 10.5. The summed E-state index contributed by atoms with van der Waals surface area (Å²) in [6, 6.07) is 3.96. The van der Waals surface area contributed by atoms with E-state index in [1.165, 1.54) is 42.7 Å². The second kappa shape index (κ2) is 9.19. The molecule has 186 valence electrons. The zero-order valence-corrected chi connectivity index (χ0v) is 21.0. The van der Waals surface area contributed by atoms with Gasteiger partial charge >= 0.3 is 0 Å². The summed E-state index contributed by atoms with van der Waals surface area (Å²) in [6.45, 7) is 5.87. The second-order valence-corrected chi connectivity index (χ2v) is 10.5. The monoisotopic (exact) mass is 490 g/mol. The van der Waals surface area contributed by atoms with Crippen molar-refractivity contribution in [3.05, 3.63) is 77.8 Å². The summed E-state index contributed by atoms with van der Waals surface area (Å²) < 4.78 is 0. The molecule has 1 fully saturated rings. The number of fused-ring (bicyclic) bond motifs is 2. The van der Waals surface area contributed by atoms with Gasteiger partial charge in [-0.2, -0.15) is 5.10 Å². The fraction of sp³-hybridized carbons (Fsp3) is 0.345. The van der Waals surface area contributed by atoms with E-state index in [1.54, 1.807) is 12.4 Å². The summed E-state index contributed by atoms with van der Waals surface area (Å²) in [7, 11) is 0. The SMILES string of the molecule is C[C@@H]1C=C(C2=CN=C3NN=C(c4nc5c(-c6ccncc6)cncc5[nH]4)C3C2)C=C(CN2CCCC2)C1. The van der Waals surface area contributed by atoms with Crippen LogP contribution in [0.2, 0.25) is 0 Å². The van der Waals surface area contributed by atoms with E-state index < -0.39 is 0 Å². The number of nitrogens with zero attached hydrogens (tertiary/aromatic N) is 6. The van der Waals surface area contributed by atoms with Gasteiger partial charge in [-0.1, -0.05) is 24.6 Å². The quantitative estimate of drug-likeness (QED) is 0.544. The van der Waals surface area contributed by atoms with E-state index in [0.717, 1.165) is 58.9 Å². The molecule has 8 heteroatoms. The van der Waals surface area contributed by atoms with Crippen LogP contribution in [-0.4, -0.2) is 56.0 Å². The Kier molecular flexibility index (Phi) is 5.54. The first-order valence-corrected chi connectivity index (χ1v) is 13.2. The van der Waals surface area contributed by atoms with Gasteiger partial charge in [-0.05, 0) is 73.5 Å². The number of rotatable bonds is 5. The van der Waals surface area contributed by atoms with Crippen molar-refractivity contribution in [1.29, 1.82) is 0 Å². The minimum Gasteiger partial charge on any atom is -0.336 e. The zero-order valence-electron chi connectivity index (χ0n) is 21.0. The van der Waals surface area contributed by atoms with Crippen LogP contribution < -0.4 is 5.43 Å². The number of allylic oxidation sites excluding steroid dienone is 4. The number of amidine groups is 1. The summed E-state index contributed by atoms with van der Waals surface area (Å²) in [5.41, 5.74) is 12.0. The van der Waals surface area contributed by atoms with Gasteiger partial charge in [0.1, 0.15) is 11.5 Å². The predicted octanol–water partition coefficient (Wildman–Crippen LogP) is 4.62. The third-order valence-electron chi connectivity index (χ3n) is 7.77. The van der Waals surface area contributed by atoms with Crippen molar-refractivity contribution in [3.8, 4) is 11.1 Å². The molecule has 3 aromatic heterocycles. The number of hydrogen-bond donors (Lipinski definition) is 2. The molecule has 0 amide bonds. The Bertz CT molecular complexity index is 1500. The molecule has 3 aromatic rings. The Labute approximate surface area is 216 Å². The topological polar surface area (TPSA) is 94.5 Å². The van der Waals surface area contributed by atoms with Gasteiger partial charge < -0.3 is 4.98 Å². The molecule has 4 aliphatic rings. The van der Waals surface area contributed by atoms with Gasteiger partial charge in [-0.15, -0.1) is 0 Å². The minimum absolute atomic E-state index is 0.0476. The van der Waals surface area contributed by atoms with Crippen LogP contribution in [0, 0.1) is 11.8 Å². The molecule has 0 radical (unpaired) electrons. The average molecular weight is 491 g/mol. The molecular weight excluding hydrogens is 460 g/mol. The van der Waals surface area contributed by atoms with Crippen molar-refractivity contribution in [3.63, 3.8) is 0 Å². The molecule has 1 aliphatic carbocycles. The van der Waals surface area contributed by atoms with Gasteiger partial charge in [0.2, 0.25) is 0 Å². The van der Waals surface area contributed by atoms with Crippen LogP contribution in [0.15, 0.2) is 82.1 Å². The number of likely N-dealkylation sites (tertiary alicyclic amines) is 1. The van der Waals surface area contributed by atoms with Crippen molar-refractivity contribution >= 4 is 22.6 Å². The highest BCUT2D eigenvalue weighted by Crippen LogP contribution is 2.35. The molecule has 8 nitrogen and oxygen atoms in total. The van der Waals surface area contributed by atoms with E-state index in [1.807, 2.05) is 30.7 Å². The van der Waals surface area contributed by atoms with Gasteiger partial charge in [0.05, 0.1) is 23.1 Å². The highest BCUT2D eigenvalue weighted by atomic mass is 15.4. The molecule has 1 unspecified atom stereocenters. The van der Waals surface area contributed by atoms with Crippen LogP contribution in [0.3, 0.4) is 0 Å². The molecule has 7 rings (SSSR count). The van der Waals surface area contributed by atoms with Crippen LogP contribution >= 0.6 is 0 Å². The van der Waals surface area contributed by atoms with Gasteiger partial charge in [-0.25, -0.2) is 9.98 Å². The fourth-order valence-electron chi connectivity index (χ4n) is 5.99. The number of hydrogen-bond acceptors (Lipinski definition) is 7. The Balaban J connectivity index is 1.16. The molecule has 1 saturated heterocycles. The first-order valence-electron chi connectivity index (χ1n) is 13.2. The lowest BCUT2D eigenvalue weighted by molar-refractivity contribution is 0.361. The summed E-state index contributed by atoms with van der Waals surface area (Å²) in [4.78, 5) is 24.4. The summed E-state index contributed by atoms with van der Waals surface area (Å²) >= 11 is 0. The number of H-pyrrole nitrogens is 1. The normalized spacial score (nSPS) is 23.6. The van der Waals surface area contributed by atoms with E-state index in [-0.39, 0.29) is 5.92 Å². The van der Waals surface area contributed by atoms with Crippen LogP contribution in [-0.2, 0) is 0 Å². The average Bonchev–Trinajstić information content (AvgIpc) is 3.67. The lowest BCUT2D eigenvalue weighted by atomic mass is 9.83. The van der Waals surface area contributed by atoms with Gasteiger partial charge in [0.25, 0.3) is 0 Å². The highest BCUT2D eigenvalue weighted by molar-refractivity contribution is 6.17. The Morgan fingerprint density at radius 2 is 1.92 bits per heavy atom. The van der Waals surface area contributed by atoms with Crippen LogP contribution in [0.4, 0.5) is 0 Å². The number of imidazole rings is 1. The van der Waals surface area contributed by atoms with Gasteiger partial charge in [0.15, 0.2) is 5.82 Å². The molecule has 0 saturated carbocycles. The predicted molar refractivity (Wildman–Crippen MR) is 146 cm³/mol. The number of aliphatic imine (C=N–C) groups is 1. The number of pyridine rings is 2. The molecule has 2 N–H and O–H groups in total. The molecule has 37 heavy (non-hydrogen) atoms. The number of aromatic amines is 1. The molecular formula is C29H30N8. The van der Waals surface area contributed by atoms with E-state index in [4.69, 9.17) is 9.98 Å². The molecule has 3 aliphatic heterocycles. The molecule has 2 atom stereocenters. The molecule has 0 bridgehead atoms. The zero-order chi connectivity index (χ0) is 24.8. The Morgan fingerprint density at radius 3 is 2.78 bits per heavy atom. The molecule has 0 spiro atoms. The lowest BCUT2D eigenvalue weighted by Crippen LogP contribution is -2.28. The summed E-state index contributed by atoms with van der Waals surface area (Å²) in [5.74, 6) is 2.23. The Hall–Kier alpha value is -3.91. The maximum atomic E-state index is 4.99. The summed E-state index contributed by atoms with van der Waals surface area (Å²) in [5, 5.41) is 4.66. The number of nitrogens with one attached hydrogen (secondary N) is 2. The number of hydrazone groups is 1. The van der Waals surface area contributed by atoms with Gasteiger partial charge in [-0.3, -0.25) is 20.3 Å². The van der Waals surface area contributed by atoms with E-state index >= 15 is 0 Å². The van der Waals surface area contributed by atoms with Crippen LogP contribution in [0.25, 0.3) is 22.2 Å².